The van der Waals surface area contributed by atoms with Crippen molar-refractivity contribution in [3.63, 3.8) is 0 Å². The van der Waals surface area contributed by atoms with E-state index in [9.17, 15) is 4.79 Å². The summed E-state index contributed by atoms with van der Waals surface area (Å²) < 4.78 is 7.62. The van der Waals surface area contributed by atoms with Crippen molar-refractivity contribution in [3.8, 4) is 11.5 Å². The second kappa shape index (κ2) is 5.31. The molecule has 0 fully saturated rings. The monoisotopic (exact) mass is 332 g/mol. The smallest absolute Gasteiger partial charge is 0.280 e. The van der Waals surface area contributed by atoms with Gasteiger partial charge in [-0.3, -0.25) is 4.79 Å². The van der Waals surface area contributed by atoms with Crippen molar-refractivity contribution in [2.24, 2.45) is 7.05 Å². The van der Waals surface area contributed by atoms with E-state index in [-0.39, 0.29) is 11.0 Å². The molecule has 126 valence electrons. The van der Waals surface area contributed by atoms with E-state index in [4.69, 9.17) is 4.42 Å². The molecule has 0 N–H and O–H groups in total. The SMILES string of the molecule is Cn1c(=O)c2nc(-c3ccc(C(C)(C)C)cc3)oc2c2ccccc21. The molecular formula is C21H20N2O2. The van der Waals surface area contributed by atoms with Gasteiger partial charge in [0.1, 0.15) is 0 Å². The van der Waals surface area contributed by atoms with Crippen molar-refractivity contribution < 1.29 is 4.42 Å². The summed E-state index contributed by atoms with van der Waals surface area (Å²) >= 11 is 0. The van der Waals surface area contributed by atoms with Gasteiger partial charge in [-0.2, -0.15) is 0 Å². The van der Waals surface area contributed by atoms with E-state index >= 15 is 0 Å². The normalized spacial score (nSPS) is 12.2. The van der Waals surface area contributed by atoms with Crippen molar-refractivity contribution in [1.82, 2.24) is 9.55 Å². The summed E-state index contributed by atoms with van der Waals surface area (Å²) in [5.74, 6) is 0.476. The summed E-state index contributed by atoms with van der Waals surface area (Å²) in [6.07, 6.45) is 0. The fourth-order valence-electron chi connectivity index (χ4n) is 3.11. The number of hydrogen-bond acceptors (Lipinski definition) is 3. The third kappa shape index (κ3) is 2.45. The zero-order chi connectivity index (χ0) is 17.8. The van der Waals surface area contributed by atoms with Crippen LogP contribution in [0, 0.1) is 0 Å². The molecule has 25 heavy (non-hydrogen) atoms. The molecule has 0 radical (unpaired) electrons. The molecule has 0 amide bonds. The number of fused-ring (bicyclic) bond motifs is 3. The minimum absolute atomic E-state index is 0.0893. The molecule has 0 saturated carbocycles. The first-order valence-corrected chi connectivity index (χ1v) is 8.35. The topological polar surface area (TPSA) is 48.0 Å². The van der Waals surface area contributed by atoms with Crippen LogP contribution in [0.15, 0.2) is 57.7 Å². The summed E-state index contributed by atoms with van der Waals surface area (Å²) in [5.41, 5.74) is 3.82. The van der Waals surface area contributed by atoms with Gasteiger partial charge in [-0.15, -0.1) is 0 Å². The fraction of sp³-hybridized carbons (Fsp3) is 0.238. The van der Waals surface area contributed by atoms with Gasteiger partial charge in [0.25, 0.3) is 5.56 Å². The molecule has 4 heteroatoms. The lowest BCUT2D eigenvalue weighted by molar-refractivity contribution is 0.589. The van der Waals surface area contributed by atoms with Crippen LogP contribution in [0.3, 0.4) is 0 Å². The van der Waals surface area contributed by atoms with Crippen LogP contribution >= 0.6 is 0 Å². The van der Waals surface area contributed by atoms with Crippen LogP contribution in [0.1, 0.15) is 26.3 Å². The zero-order valence-electron chi connectivity index (χ0n) is 14.8. The van der Waals surface area contributed by atoms with Crippen LogP contribution < -0.4 is 5.56 Å². The van der Waals surface area contributed by atoms with Crippen molar-refractivity contribution in [2.45, 2.75) is 26.2 Å². The highest BCUT2D eigenvalue weighted by molar-refractivity contribution is 6.01. The van der Waals surface area contributed by atoms with E-state index in [0.29, 0.717) is 17.0 Å². The lowest BCUT2D eigenvalue weighted by Crippen LogP contribution is -2.17. The third-order valence-electron chi connectivity index (χ3n) is 4.64. The molecule has 0 spiro atoms. The van der Waals surface area contributed by atoms with E-state index in [0.717, 1.165) is 16.5 Å². The molecule has 0 aliphatic rings. The maximum atomic E-state index is 12.6. The fourth-order valence-corrected chi connectivity index (χ4v) is 3.11. The first kappa shape index (κ1) is 15.6. The number of para-hydroxylation sites is 1. The van der Waals surface area contributed by atoms with Crippen LogP contribution in [-0.4, -0.2) is 9.55 Å². The van der Waals surface area contributed by atoms with Crippen LogP contribution in [-0.2, 0) is 12.5 Å². The van der Waals surface area contributed by atoms with Crippen LogP contribution in [0.2, 0.25) is 0 Å². The highest BCUT2D eigenvalue weighted by atomic mass is 16.3. The molecule has 2 heterocycles. The predicted molar refractivity (Wildman–Crippen MR) is 101 cm³/mol. The second-order valence-corrected chi connectivity index (χ2v) is 7.41. The number of benzene rings is 2. The second-order valence-electron chi connectivity index (χ2n) is 7.41. The van der Waals surface area contributed by atoms with E-state index in [1.54, 1.807) is 11.6 Å². The maximum Gasteiger partial charge on any atom is 0.280 e. The largest absolute Gasteiger partial charge is 0.435 e. The van der Waals surface area contributed by atoms with Gasteiger partial charge in [-0.1, -0.05) is 45.0 Å². The highest BCUT2D eigenvalue weighted by Gasteiger charge is 2.18. The Morgan fingerprint density at radius 3 is 2.36 bits per heavy atom. The molecule has 2 aromatic heterocycles. The van der Waals surface area contributed by atoms with Crippen molar-refractivity contribution in [3.05, 3.63) is 64.4 Å². The van der Waals surface area contributed by atoms with Crippen LogP contribution in [0.5, 0.6) is 0 Å². The first-order valence-electron chi connectivity index (χ1n) is 8.35. The standard InChI is InChI=1S/C21H20N2O2/c1-21(2,3)14-11-9-13(10-12-14)19-22-17-18(25-19)15-7-5-6-8-16(15)23(4)20(17)24/h5-12H,1-4H3. The van der Waals surface area contributed by atoms with Gasteiger partial charge >= 0.3 is 0 Å². The predicted octanol–water partition coefficient (Wildman–Crippen LogP) is 4.64. The summed E-state index contributed by atoms with van der Waals surface area (Å²) in [6.45, 7) is 6.53. The summed E-state index contributed by atoms with van der Waals surface area (Å²) in [5, 5.41) is 0.893. The first-order chi connectivity index (χ1) is 11.9. The van der Waals surface area contributed by atoms with Crippen molar-refractivity contribution in [1.29, 1.82) is 0 Å². The van der Waals surface area contributed by atoms with Gasteiger partial charge in [0.15, 0.2) is 11.1 Å². The summed E-state index contributed by atoms with van der Waals surface area (Å²) in [4.78, 5) is 17.1. The number of nitrogens with zero attached hydrogens (tertiary/aromatic N) is 2. The molecular weight excluding hydrogens is 312 g/mol. The van der Waals surface area contributed by atoms with Crippen molar-refractivity contribution >= 4 is 22.0 Å². The lowest BCUT2D eigenvalue weighted by atomic mass is 9.87. The number of oxazole rings is 1. The van der Waals surface area contributed by atoms with E-state index in [1.807, 2.05) is 36.4 Å². The van der Waals surface area contributed by atoms with Crippen molar-refractivity contribution in [2.75, 3.05) is 0 Å². The lowest BCUT2D eigenvalue weighted by Gasteiger charge is -2.18. The average molecular weight is 332 g/mol. The molecule has 0 atom stereocenters. The van der Waals surface area contributed by atoms with Gasteiger partial charge in [-0.25, -0.2) is 4.98 Å². The van der Waals surface area contributed by atoms with E-state index in [2.05, 4.69) is 37.9 Å². The van der Waals surface area contributed by atoms with E-state index in [1.165, 1.54) is 5.56 Å². The molecule has 0 aliphatic carbocycles. The zero-order valence-corrected chi connectivity index (χ0v) is 14.8. The van der Waals surface area contributed by atoms with Gasteiger partial charge in [0.05, 0.1) is 5.52 Å². The van der Waals surface area contributed by atoms with Gasteiger partial charge in [-0.05, 0) is 35.2 Å². The third-order valence-corrected chi connectivity index (χ3v) is 4.64. The minimum Gasteiger partial charge on any atom is -0.435 e. The number of aromatic nitrogens is 2. The maximum absolute atomic E-state index is 12.6. The van der Waals surface area contributed by atoms with Gasteiger partial charge < -0.3 is 8.98 Å². The van der Waals surface area contributed by atoms with Crippen LogP contribution in [0.4, 0.5) is 0 Å². The van der Waals surface area contributed by atoms with Gasteiger partial charge in [0, 0.05) is 18.0 Å². The molecule has 0 bridgehead atoms. The Morgan fingerprint density at radius 2 is 1.68 bits per heavy atom. The quantitative estimate of drug-likeness (QED) is 0.510. The molecule has 4 aromatic rings. The highest BCUT2D eigenvalue weighted by Crippen LogP contribution is 2.29. The molecule has 4 nitrogen and oxygen atoms in total. The van der Waals surface area contributed by atoms with Gasteiger partial charge in [0.2, 0.25) is 5.89 Å². The Labute approximate surface area is 145 Å². The Hall–Kier alpha value is -2.88. The number of pyridine rings is 1. The molecule has 0 saturated heterocycles. The number of aryl methyl sites for hydroxylation is 1. The Bertz CT molecular complexity index is 1140. The summed E-state index contributed by atoms with van der Waals surface area (Å²) in [6, 6.07) is 15.9. The Kier molecular flexibility index (Phi) is 3.32. The van der Waals surface area contributed by atoms with Crippen LogP contribution in [0.25, 0.3) is 33.5 Å². The Morgan fingerprint density at radius 1 is 1.00 bits per heavy atom. The molecule has 2 aromatic carbocycles. The Balaban J connectivity index is 1.94. The number of rotatable bonds is 1. The average Bonchev–Trinajstić information content (AvgIpc) is 3.05. The molecule has 0 aliphatic heterocycles. The molecule has 4 rings (SSSR count). The minimum atomic E-state index is -0.144. The molecule has 0 unspecified atom stereocenters. The van der Waals surface area contributed by atoms with E-state index < -0.39 is 0 Å². The summed E-state index contributed by atoms with van der Waals surface area (Å²) in [7, 11) is 1.76. The number of hydrogen-bond donors (Lipinski definition) is 0.